The van der Waals surface area contributed by atoms with Gasteiger partial charge in [-0.2, -0.15) is 8.78 Å². The largest absolute Gasteiger partial charge is 0.383 e. The third-order valence-corrected chi connectivity index (χ3v) is 3.15. The molecule has 21 heavy (non-hydrogen) atoms. The maximum Gasteiger partial charge on any atom is 0.383 e. The summed E-state index contributed by atoms with van der Waals surface area (Å²) in [4.78, 5) is 11.9. The summed E-state index contributed by atoms with van der Waals surface area (Å²) in [5, 5.41) is 0. The van der Waals surface area contributed by atoms with E-state index >= 15 is 0 Å². The van der Waals surface area contributed by atoms with E-state index in [4.69, 9.17) is 0 Å². The first-order valence-corrected chi connectivity index (χ1v) is 6.47. The number of carbonyl (C=O) groups is 1. The van der Waals surface area contributed by atoms with E-state index in [9.17, 15) is 22.4 Å². The zero-order valence-electron chi connectivity index (χ0n) is 12.5. The van der Waals surface area contributed by atoms with E-state index in [1.165, 1.54) is 0 Å². The summed E-state index contributed by atoms with van der Waals surface area (Å²) in [6.45, 7) is 5.94. The van der Waals surface area contributed by atoms with Crippen molar-refractivity contribution in [1.29, 1.82) is 0 Å². The summed E-state index contributed by atoms with van der Waals surface area (Å²) < 4.78 is 50.2. The molecular formula is C15H19F4NO. The molecule has 118 valence electrons. The third kappa shape index (κ3) is 4.19. The number of rotatable bonds is 4. The van der Waals surface area contributed by atoms with Gasteiger partial charge in [0, 0.05) is 13.6 Å². The number of amides is 1. The predicted molar refractivity (Wildman–Crippen MR) is 72.6 cm³/mol. The van der Waals surface area contributed by atoms with E-state index in [0.717, 1.165) is 12.6 Å². The standard InChI is InChI=1S/C15H19F4NO/c1-14(2,3)11-7-5-10(6-8-11)9-20(4)13(21)15(18,19)12(16)17/h5-8,12H,9H2,1-4H3. The predicted octanol–water partition coefficient (Wildman–Crippen LogP) is 3.84. The number of hydrogen-bond donors (Lipinski definition) is 0. The molecule has 1 aromatic rings. The van der Waals surface area contributed by atoms with Crippen LogP contribution in [-0.2, 0) is 16.8 Å². The van der Waals surface area contributed by atoms with E-state index < -0.39 is 18.3 Å². The maximum atomic E-state index is 13.0. The normalized spacial score (nSPS) is 12.6. The molecule has 0 fully saturated rings. The average Bonchev–Trinajstić information content (AvgIpc) is 2.37. The average molecular weight is 305 g/mol. The first-order chi connectivity index (χ1) is 9.46. The molecule has 0 N–H and O–H groups in total. The molecule has 0 radical (unpaired) electrons. The summed E-state index contributed by atoms with van der Waals surface area (Å²) in [6.07, 6.45) is -4.00. The smallest absolute Gasteiger partial charge is 0.336 e. The molecule has 0 aromatic heterocycles. The van der Waals surface area contributed by atoms with Crippen LogP contribution in [0.15, 0.2) is 24.3 Å². The van der Waals surface area contributed by atoms with Crippen LogP contribution in [-0.4, -0.2) is 30.2 Å². The molecule has 0 saturated heterocycles. The number of carbonyl (C=O) groups excluding carboxylic acids is 1. The number of alkyl halides is 4. The molecule has 0 atom stereocenters. The van der Waals surface area contributed by atoms with E-state index in [-0.39, 0.29) is 12.0 Å². The van der Waals surface area contributed by atoms with Gasteiger partial charge in [0.2, 0.25) is 0 Å². The fourth-order valence-corrected chi connectivity index (χ4v) is 1.80. The molecule has 0 aliphatic rings. The maximum absolute atomic E-state index is 13.0. The lowest BCUT2D eigenvalue weighted by Crippen LogP contribution is -2.45. The van der Waals surface area contributed by atoms with Gasteiger partial charge in [0.25, 0.3) is 5.91 Å². The molecule has 1 rings (SSSR count). The van der Waals surface area contributed by atoms with Gasteiger partial charge in [0.1, 0.15) is 0 Å². The lowest BCUT2D eigenvalue weighted by Gasteiger charge is -2.23. The third-order valence-electron chi connectivity index (χ3n) is 3.15. The fourth-order valence-electron chi connectivity index (χ4n) is 1.80. The highest BCUT2D eigenvalue weighted by Crippen LogP contribution is 2.26. The van der Waals surface area contributed by atoms with E-state index in [1.807, 2.05) is 32.9 Å². The van der Waals surface area contributed by atoms with Crippen LogP contribution in [0.4, 0.5) is 17.6 Å². The van der Waals surface area contributed by atoms with Gasteiger partial charge in [0.15, 0.2) is 0 Å². The minimum atomic E-state index is -4.65. The SMILES string of the molecule is CN(Cc1ccc(C(C)(C)C)cc1)C(=O)C(F)(F)C(F)F. The molecule has 2 nitrogen and oxygen atoms in total. The molecule has 6 heteroatoms. The monoisotopic (exact) mass is 305 g/mol. The molecule has 0 heterocycles. The first kappa shape index (κ1) is 17.5. The summed E-state index contributed by atoms with van der Waals surface area (Å²) in [5.74, 6) is -6.53. The molecule has 0 bridgehead atoms. The summed E-state index contributed by atoms with van der Waals surface area (Å²) in [5.41, 5.74) is 1.60. The van der Waals surface area contributed by atoms with Gasteiger partial charge in [0.05, 0.1) is 0 Å². The van der Waals surface area contributed by atoms with E-state index in [1.54, 1.807) is 12.1 Å². The Morgan fingerprint density at radius 1 is 1.14 bits per heavy atom. The summed E-state index contributed by atoms with van der Waals surface area (Å²) in [6, 6.07) is 7.06. The van der Waals surface area contributed by atoms with Crippen LogP contribution >= 0.6 is 0 Å². The highest BCUT2D eigenvalue weighted by atomic mass is 19.3. The van der Waals surface area contributed by atoms with Crippen molar-refractivity contribution in [3.63, 3.8) is 0 Å². The zero-order chi connectivity index (χ0) is 16.4. The Kier molecular flexibility index (Phi) is 5.02. The highest BCUT2D eigenvalue weighted by Gasteiger charge is 2.50. The molecule has 0 unspecified atom stereocenters. The van der Waals surface area contributed by atoms with Crippen molar-refractivity contribution in [1.82, 2.24) is 4.90 Å². The van der Waals surface area contributed by atoms with Gasteiger partial charge in [-0.3, -0.25) is 4.79 Å². The van der Waals surface area contributed by atoms with Gasteiger partial charge in [-0.1, -0.05) is 45.0 Å². The molecule has 0 aliphatic carbocycles. The number of halogens is 4. The molecule has 1 amide bonds. The minimum absolute atomic E-state index is 0.0526. The first-order valence-electron chi connectivity index (χ1n) is 6.47. The van der Waals surface area contributed by atoms with Crippen molar-refractivity contribution in [3.8, 4) is 0 Å². The van der Waals surface area contributed by atoms with Crippen molar-refractivity contribution >= 4 is 5.91 Å². The highest BCUT2D eigenvalue weighted by molar-refractivity contribution is 5.83. The van der Waals surface area contributed by atoms with Crippen LogP contribution < -0.4 is 0 Å². The Hall–Kier alpha value is -1.59. The lowest BCUT2D eigenvalue weighted by atomic mass is 9.87. The number of benzene rings is 1. The van der Waals surface area contributed by atoms with Gasteiger partial charge in [-0.15, -0.1) is 0 Å². The Labute approximate surface area is 121 Å². The second kappa shape index (κ2) is 6.03. The summed E-state index contributed by atoms with van der Waals surface area (Å²) in [7, 11) is 1.08. The van der Waals surface area contributed by atoms with Gasteiger partial charge < -0.3 is 4.90 Å². The molecule has 1 aromatic carbocycles. The van der Waals surface area contributed by atoms with Crippen LogP contribution in [0.1, 0.15) is 31.9 Å². The van der Waals surface area contributed by atoms with Gasteiger partial charge >= 0.3 is 12.3 Å². The van der Waals surface area contributed by atoms with E-state index in [0.29, 0.717) is 10.5 Å². The molecule has 0 aliphatic heterocycles. The Bertz CT molecular complexity index is 491. The van der Waals surface area contributed by atoms with Crippen molar-refractivity contribution in [2.45, 2.75) is 45.1 Å². The van der Waals surface area contributed by atoms with Crippen molar-refractivity contribution in [3.05, 3.63) is 35.4 Å². The molecular weight excluding hydrogens is 286 g/mol. The second-order valence-corrected chi connectivity index (χ2v) is 6.03. The van der Waals surface area contributed by atoms with Crippen molar-refractivity contribution in [2.75, 3.05) is 7.05 Å². The quantitative estimate of drug-likeness (QED) is 0.774. The Morgan fingerprint density at radius 3 is 2.00 bits per heavy atom. The lowest BCUT2D eigenvalue weighted by molar-refractivity contribution is -0.179. The van der Waals surface area contributed by atoms with Crippen LogP contribution in [0.2, 0.25) is 0 Å². The minimum Gasteiger partial charge on any atom is -0.336 e. The van der Waals surface area contributed by atoms with Crippen LogP contribution in [0.3, 0.4) is 0 Å². The van der Waals surface area contributed by atoms with E-state index in [2.05, 4.69) is 0 Å². The topological polar surface area (TPSA) is 20.3 Å². The number of nitrogens with zero attached hydrogens (tertiary/aromatic N) is 1. The Morgan fingerprint density at radius 2 is 1.62 bits per heavy atom. The summed E-state index contributed by atoms with van der Waals surface area (Å²) >= 11 is 0. The molecule has 0 saturated carbocycles. The molecule has 0 spiro atoms. The van der Waals surface area contributed by atoms with Crippen LogP contribution in [0, 0.1) is 0 Å². The van der Waals surface area contributed by atoms with Crippen LogP contribution in [0.5, 0.6) is 0 Å². The second-order valence-electron chi connectivity index (χ2n) is 6.03. The van der Waals surface area contributed by atoms with Gasteiger partial charge in [-0.05, 0) is 16.5 Å². The number of hydrogen-bond acceptors (Lipinski definition) is 1. The Balaban J connectivity index is 2.80. The van der Waals surface area contributed by atoms with Crippen molar-refractivity contribution in [2.24, 2.45) is 0 Å². The fraction of sp³-hybridized carbons (Fsp3) is 0.533. The zero-order valence-corrected chi connectivity index (χ0v) is 12.5. The van der Waals surface area contributed by atoms with Crippen LogP contribution in [0.25, 0.3) is 0 Å². The van der Waals surface area contributed by atoms with Crippen molar-refractivity contribution < 1.29 is 22.4 Å². The van der Waals surface area contributed by atoms with Gasteiger partial charge in [-0.25, -0.2) is 8.78 Å².